The minimum atomic E-state index is -0.813. The molecular weight excluding hydrogens is 180 g/mol. The number of rotatable bonds is 3. The zero-order valence-corrected chi connectivity index (χ0v) is 8.27. The first-order valence-electron chi connectivity index (χ1n) is 4.86. The molecule has 14 heavy (non-hydrogen) atoms. The number of nitrogens with zero attached hydrogens (tertiary/aromatic N) is 2. The van der Waals surface area contributed by atoms with Gasteiger partial charge in [0.2, 0.25) is 0 Å². The normalized spacial score (nSPS) is 21.6. The monoisotopic (exact) mass is 196 g/mol. The van der Waals surface area contributed by atoms with Crippen LogP contribution in [0, 0.1) is 0 Å². The van der Waals surface area contributed by atoms with Crippen molar-refractivity contribution in [3.63, 3.8) is 0 Å². The van der Waals surface area contributed by atoms with Crippen molar-refractivity contribution < 1.29 is 5.11 Å². The second-order valence-electron chi connectivity index (χ2n) is 3.81. The van der Waals surface area contributed by atoms with Crippen molar-refractivity contribution in [1.82, 2.24) is 14.9 Å². The van der Waals surface area contributed by atoms with Crippen LogP contribution in [0.2, 0.25) is 0 Å². The lowest BCUT2D eigenvalue weighted by atomic mass is 9.87. The van der Waals surface area contributed by atoms with Gasteiger partial charge in [0.05, 0.1) is 18.1 Å². The highest BCUT2D eigenvalue weighted by molar-refractivity contribution is 5.14. The summed E-state index contributed by atoms with van der Waals surface area (Å²) in [5, 5.41) is 13.0. The quantitative estimate of drug-likeness (QED) is 0.594. The molecular formula is C9H16N4O. The summed E-state index contributed by atoms with van der Waals surface area (Å²) in [4.78, 5) is 4.19. The van der Waals surface area contributed by atoms with E-state index in [1.165, 1.54) is 0 Å². The van der Waals surface area contributed by atoms with Crippen LogP contribution >= 0.6 is 0 Å². The third-order valence-corrected chi connectivity index (χ3v) is 2.78. The van der Waals surface area contributed by atoms with Crippen LogP contribution in [0.25, 0.3) is 0 Å². The Labute approximate surface area is 82.9 Å². The lowest BCUT2D eigenvalue weighted by Crippen LogP contribution is -2.64. The molecule has 1 aliphatic heterocycles. The molecule has 0 aliphatic carbocycles. The van der Waals surface area contributed by atoms with E-state index in [0.717, 1.165) is 12.2 Å². The molecule has 0 spiro atoms. The smallest absolute Gasteiger partial charge is 0.110 e. The van der Waals surface area contributed by atoms with Gasteiger partial charge in [-0.3, -0.25) is 0 Å². The molecule has 0 aromatic carbocycles. The number of nitrogens with two attached hydrogens (primary N) is 1. The number of hydrogen-bond acceptors (Lipinski definition) is 4. The highest BCUT2D eigenvalue weighted by Gasteiger charge is 2.42. The average molecular weight is 196 g/mol. The van der Waals surface area contributed by atoms with E-state index in [-0.39, 0.29) is 0 Å². The largest absolute Gasteiger partial charge is 0.385 e. The number of imidazole rings is 1. The van der Waals surface area contributed by atoms with Gasteiger partial charge >= 0.3 is 0 Å². The molecule has 78 valence electrons. The summed E-state index contributed by atoms with van der Waals surface area (Å²) in [6.07, 6.45) is 3.63. The van der Waals surface area contributed by atoms with E-state index in [0.29, 0.717) is 13.1 Å². The van der Waals surface area contributed by atoms with E-state index in [1.807, 2.05) is 17.7 Å². The molecule has 4 N–H and O–H groups in total. The third-order valence-electron chi connectivity index (χ3n) is 2.78. The van der Waals surface area contributed by atoms with E-state index in [2.05, 4.69) is 10.3 Å². The average Bonchev–Trinajstić information content (AvgIpc) is 2.61. The first-order valence-corrected chi connectivity index (χ1v) is 4.86. The van der Waals surface area contributed by atoms with E-state index >= 15 is 0 Å². The van der Waals surface area contributed by atoms with Crippen LogP contribution in [0.15, 0.2) is 12.5 Å². The van der Waals surface area contributed by atoms with Gasteiger partial charge in [0, 0.05) is 25.8 Å². The lowest BCUT2D eigenvalue weighted by molar-refractivity contribution is -0.0342. The number of β-amino-alcohol motifs (C(OH)–C–C–N with tert-alkyl or cyclic N) is 1. The summed E-state index contributed by atoms with van der Waals surface area (Å²) >= 11 is 0. The summed E-state index contributed by atoms with van der Waals surface area (Å²) < 4.78 is 1.95. The lowest BCUT2D eigenvalue weighted by Gasteiger charge is -2.41. The summed E-state index contributed by atoms with van der Waals surface area (Å²) in [5.74, 6) is 0. The number of hydrogen-bond donors (Lipinski definition) is 3. The van der Waals surface area contributed by atoms with Crippen molar-refractivity contribution in [2.45, 2.75) is 25.1 Å². The topological polar surface area (TPSA) is 76.1 Å². The molecule has 1 atom stereocenters. The maximum absolute atomic E-state index is 9.98. The Kier molecular flexibility index (Phi) is 2.30. The number of nitrogens with one attached hydrogen (secondary N) is 1. The van der Waals surface area contributed by atoms with E-state index in [9.17, 15) is 5.11 Å². The molecule has 0 saturated carbocycles. The molecule has 1 aromatic heterocycles. The first kappa shape index (κ1) is 9.64. The Morgan fingerprint density at radius 1 is 1.79 bits per heavy atom. The van der Waals surface area contributed by atoms with Crippen LogP contribution in [0.5, 0.6) is 0 Å². The van der Waals surface area contributed by atoms with Crippen molar-refractivity contribution >= 4 is 0 Å². The zero-order valence-electron chi connectivity index (χ0n) is 8.27. The maximum Gasteiger partial charge on any atom is 0.110 e. The fraction of sp³-hybridized carbons (Fsp3) is 0.667. The fourth-order valence-corrected chi connectivity index (χ4v) is 1.59. The van der Waals surface area contributed by atoms with E-state index in [1.54, 1.807) is 6.33 Å². The summed E-state index contributed by atoms with van der Waals surface area (Å²) in [5.41, 5.74) is 5.88. The van der Waals surface area contributed by atoms with Gasteiger partial charge in [-0.05, 0) is 6.92 Å². The van der Waals surface area contributed by atoms with Gasteiger partial charge in [0.25, 0.3) is 0 Å². The SMILES string of the molecule is CCn1cnc(C(N)C2(O)CNC2)c1. The second kappa shape index (κ2) is 3.34. The zero-order chi connectivity index (χ0) is 10.2. The fourth-order valence-electron chi connectivity index (χ4n) is 1.59. The van der Waals surface area contributed by atoms with Crippen molar-refractivity contribution in [2.24, 2.45) is 5.73 Å². The van der Waals surface area contributed by atoms with Gasteiger partial charge in [-0.1, -0.05) is 0 Å². The minimum absolute atomic E-state index is 0.392. The van der Waals surface area contributed by atoms with Gasteiger partial charge in [-0.15, -0.1) is 0 Å². The maximum atomic E-state index is 9.98. The van der Waals surface area contributed by atoms with Gasteiger partial charge in [0.1, 0.15) is 5.60 Å². The number of aryl methyl sites for hydroxylation is 1. The molecule has 1 aromatic rings. The summed E-state index contributed by atoms with van der Waals surface area (Å²) in [7, 11) is 0. The minimum Gasteiger partial charge on any atom is -0.385 e. The molecule has 2 heterocycles. The molecule has 1 unspecified atom stereocenters. The summed E-state index contributed by atoms with van der Waals surface area (Å²) in [6, 6.07) is -0.392. The Bertz CT molecular complexity index is 318. The molecule has 0 radical (unpaired) electrons. The highest BCUT2D eigenvalue weighted by Crippen LogP contribution is 2.25. The van der Waals surface area contributed by atoms with Crippen LogP contribution in [0.4, 0.5) is 0 Å². The van der Waals surface area contributed by atoms with Crippen molar-refractivity contribution in [1.29, 1.82) is 0 Å². The Balaban J connectivity index is 2.14. The molecule has 1 fully saturated rings. The number of aliphatic hydroxyl groups is 1. The first-order chi connectivity index (χ1) is 6.65. The molecule has 0 amide bonds. The third kappa shape index (κ3) is 1.43. The van der Waals surface area contributed by atoms with Crippen molar-refractivity contribution in [2.75, 3.05) is 13.1 Å². The number of aromatic nitrogens is 2. The summed E-state index contributed by atoms with van der Waals surface area (Å²) in [6.45, 7) is 4.01. The molecule has 1 aliphatic rings. The molecule has 0 bridgehead atoms. The van der Waals surface area contributed by atoms with Gasteiger partial charge < -0.3 is 20.7 Å². The second-order valence-corrected chi connectivity index (χ2v) is 3.81. The predicted octanol–water partition coefficient (Wildman–Crippen LogP) is -0.763. The standard InChI is InChI=1S/C9H16N4O/c1-2-13-3-7(12-6-13)8(10)9(14)4-11-5-9/h3,6,8,11,14H,2,4-5,10H2,1H3. The van der Waals surface area contributed by atoms with Crippen molar-refractivity contribution in [3.8, 4) is 0 Å². The Morgan fingerprint density at radius 3 is 2.93 bits per heavy atom. The Hall–Kier alpha value is -0.910. The van der Waals surface area contributed by atoms with E-state index < -0.39 is 11.6 Å². The predicted molar refractivity (Wildman–Crippen MR) is 52.6 cm³/mol. The molecule has 5 heteroatoms. The Morgan fingerprint density at radius 2 is 2.50 bits per heavy atom. The van der Waals surface area contributed by atoms with Crippen LogP contribution < -0.4 is 11.1 Å². The molecule has 5 nitrogen and oxygen atoms in total. The van der Waals surface area contributed by atoms with Crippen LogP contribution in [0.1, 0.15) is 18.7 Å². The van der Waals surface area contributed by atoms with Crippen molar-refractivity contribution in [3.05, 3.63) is 18.2 Å². The van der Waals surface area contributed by atoms with Gasteiger partial charge in [0.15, 0.2) is 0 Å². The highest BCUT2D eigenvalue weighted by atomic mass is 16.3. The van der Waals surface area contributed by atoms with E-state index in [4.69, 9.17) is 5.73 Å². The molecule has 1 saturated heterocycles. The molecule has 2 rings (SSSR count). The van der Waals surface area contributed by atoms with Crippen LogP contribution in [0.3, 0.4) is 0 Å². The van der Waals surface area contributed by atoms with Gasteiger partial charge in [-0.2, -0.15) is 0 Å². The van der Waals surface area contributed by atoms with Crippen LogP contribution in [-0.4, -0.2) is 33.3 Å². The van der Waals surface area contributed by atoms with Gasteiger partial charge in [-0.25, -0.2) is 4.98 Å². The van der Waals surface area contributed by atoms with Crippen LogP contribution in [-0.2, 0) is 6.54 Å².